The van der Waals surface area contributed by atoms with Gasteiger partial charge in [-0.1, -0.05) is 28.1 Å². The van der Waals surface area contributed by atoms with Gasteiger partial charge in [-0.2, -0.15) is 0 Å². The van der Waals surface area contributed by atoms with Gasteiger partial charge in [0.2, 0.25) is 0 Å². The molecule has 1 heterocycles. The van der Waals surface area contributed by atoms with Gasteiger partial charge in [-0.25, -0.2) is 0 Å². The summed E-state index contributed by atoms with van der Waals surface area (Å²) in [5, 5.41) is 0. The molecule has 0 fully saturated rings. The van der Waals surface area contributed by atoms with Crippen LogP contribution >= 0.6 is 38.5 Å². The van der Waals surface area contributed by atoms with E-state index < -0.39 is 0 Å². The summed E-state index contributed by atoms with van der Waals surface area (Å²) < 4.78 is 3.77. The molecule has 2 rings (SSSR count). The van der Waals surface area contributed by atoms with Crippen molar-refractivity contribution in [3.05, 3.63) is 66.6 Å². The van der Waals surface area contributed by atoms with Crippen LogP contribution in [0.2, 0.25) is 0 Å². The van der Waals surface area contributed by atoms with Crippen molar-refractivity contribution in [3.8, 4) is 0 Å². The van der Waals surface area contributed by atoms with E-state index in [0.717, 1.165) is 16.6 Å². The van der Waals surface area contributed by atoms with Gasteiger partial charge in [0.15, 0.2) is 0 Å². The SMILES string of the molecule is CN(C)CC(c1cccc(I)c1)n1ccc(Br)cc1=O. The lowest BCUT2D eigenvalue weighted by Crippen LogP contribution is -2.32. The molecule has 0 N–H and O–H groups in total. The number of likely N-dealkylation sites (N-methyl/N-ethyl adjacent to an activating group) is 1. The van der Waals surface area contributed by atoms with Crippen LogP contribution in [0.5, 0.6) is 0 Å². The lowest BCUT2D eigenvalue weighted by molar-refractivity contribution is 0.346. The predicted octanol–water partition coefficient (Wildman–Crippen LogP) is 3.37. The molecule has 0 aliphatic rings. The Bertz CT molecular complexity index is 654. The molecule has 1 atom stereocenters. The van der Waals surface area contributed by atoms with E-state index in [-0.39, 0.29) is 11.6 Å². The smallest absolute Gasteiger partial charge is 0.252 e. The van der Waals surface area contributed by atoms with Crippen LogP contribution < -0.4 is 5.56 Å². The summed E-state index contributed by atoms with van der Waals surface area (Å²) in [4.78, 5) is 14.3. The van der Waals surface area contributed by atoms with Gasteiger partial charge in [-0.05, 0) is 60.4 Å². The van der Waals surface area contributed by atoms with Gasteiger partial charge in [0.25, 0.3) is 5.56 Å². The second kappa shape index (κ2) is 6.87. The first-order chi connectivity index (χ1) is 9.47. The second-order valence-electron chi connectivity index (χ2n) is 4.92. The molecule has 0 radical (unpaired) electrons. The van der Waals surface area contributed by atoms with E-state index >= 15 is 0 Å². The van der Waals surface area contributed by atoms with Gasteiger partial charge in [-0.15, -0.1) is 0 Å². The predicted molar refractivity (Wildman–Crippen MR) is 94.3 cm³/mol. The molecule has 5 heteroatoms. The Kier molecular flexibility index (Phi) is 5.40. The molecule has 3 nitrogen and oxygen atoms in total. The fourth-order valence-corrected chi connectivity index (χ4v) is 3.02. The van der Waals surface area contributed by atoms with Crippen molar-refractivity contribution in [3.63, 3.8) is 0 Å². The minimum absolute atomic E-state index is 0.00471. The molecule has 20 heavy (non-hydrogen) atoms. The summed E-state index contributed by atoms with van der Waals surface area (Å²) in [5.74, 6) is 0. The zero-order valence-electron chi connectivity index (χ0n) is 11.4. The summed E-state index contributed by atoms with van der Waals surface area (Å²) in [6.45, 7) is 0.779. The number of hydrogen-bond donors (Lipinski definition) is 0. The number of rotatable bonds is 4. The molecule has 0 amide bonds. The van der Waals surface area contributed by atoms with E-state index in [4.69, 9.17) is 0 Å². The van der Waals surface area contributed by atoms with E-state index in [1.807, 2.05) is 32.4 Å². The van der Waals surface area contributed by atoms with Crippen LogP contribution in [0.15, 0.2) is 51.9 Å². The molecule has 0 spiro atoms. The van der Waals surface area contributed by atoms with Crippen LogP contribution in [0.25, 0.3) is 0 Å². The summed E-state index contributed by atoms with van der Waals surface area (Å²) >= 11 is 5.64. The van der Waals surface area contributed by atoms with Gasteiger partial charge >= 0.3 is 0 Å². The molecule has 0 saturated carbocycles. The lowest BCUT2D eigenvalue weighted by atomic mass is 10.1. The number of pyridine rings is 1. The van der Waals surface area contributed by atoms with E-state index in [0.29, 0.717) is 0 Å². The standard InChI is InChI=1S/C15H16BrIN2O/c1-18(2)10-14(11-4-3-5-13(17)8-11)19-7-6-12(16)9-15(19)20/h3-9,14H,10H2,1-2H3. The summed E-state index contributed by atoms with van der Waals surface area (Å²) in [5.41, 5.74) is 1.15. The van der Waals surface area contributed by atoms with Crippen LogP contribution in [-0.4, -0.2) is 30.1 Å². The first-order valence-corrected chi connectivity index (χ1v) is 8.12. The lowest BCUT2D eigenvalue weighted by Gasteiger charge is -2.24. The Labute approximate surface area is 140 Å². The van der Waals surface area contributed by atoms with E-state index in [9.17, 15) is 4.79 Å². The third-order valence-electron chi connectivity index (χ3n) is 3.02. The fourth-order valence-electron chi connectivity index (χ4n) is 2.14. The first-order valence-electron chi connectivity index (χ1n) is 6.25. The van der Waals surface area contributed by atoms with Gasteiger partial charge in [0, 0.05) is 26.9 Å². The van der Waals surface area contributed by atoms with Gasteiger partial charge in [0.05, 0.1) is 6.04 Å². The Morgan fingerprint density at radius 2 is 2.05 bits per heavy atom. The van der Waals surface area contributed by atoms with Crippen molar-refractivity contribution in [2.45, 2.75) is 6.04 Å². The minimum Gasteiger partial charge on any atom is -0.307 e. The third kappa shape index (κ3) is 3.93. The van der Waals surface area contributed by atoms with E-state index in [1.54, 1.807) is 10.6 Å². The highest BCUT2D eigenvalue weighted by Crippen LogP contribution is 2.20. The Morgan fingerprint density at radius 1 is 1.30 bits per heavy atom. The van der Waals surface area contributed by atoms with Gasteiger partial charge < -0.3 is 9.47 Å². The quantitative estimate of drug-likeness (QED) is 0.673. The third-order valence-corrected chi connectivity index (χ3v) is 4.18. The molecule has 0 aliphatic heterocycles. The van der Waals surface area contributed by atoms with Crippen molar-refractivity contribution in [1.29, 1.82) is 0 Å². The molecule has 0 saturated heterocycles. The average Bonchev–Trinajstić information content (AvgIpc) is 2.36. The highest BCUT2D eigenvalue weighted by molar-refractivity contribution is 14.1. The maximum absolute atomic E-state index is 12.2. The molecule has 2 aromatic rings. The Balaban J connectivity index is 2.50. The van der Waals surface area contributed by atoms with Crippen LogP contribution in [-0.2, 0) is 0 Å². The molecule has 1 aromatic heterocycles. The van der Waals surface area contributed by atoms with Gasteiger partial charge in [0.1, 0.15) is 0 Å². The van der Waals surface area contributed by atoms with Crippen molar-refractivity contribution < 1.29 is 0 Å². The second-order valence-corrected chi connectivity index (χ2v) is 7.08. The summed E-state index contributed by atoms with van der Waals surface area (Å²) in [6.07, 6.45) is 1.85. The Hall–Kier alpha value is -0.660. The first kappa shape index (κ1) is 15.7. The van der Waals surface area contributed by atoms with Crippen molar-refractivity contribution in [2.24, 2.45) is 0 Å². The summed E-state index contributed by atoms with van der Waals surface area (Å²) in [7, 11) is 4.04. The van der Waals surface area contributed by atoms with Crippen LogP contribution in [0.4, 0.5) is 0 Å². The van der Waals surface area contributed by atoms with Crippen LogP contribution in [0.1, 0.15) is 11.6 Å². The normalized spacial score (nSPS) is 12.7. The maximum atomic E-state index is 12.2. The van der Waals surface area contributed by atoms with E-state index in [1.165, 1.54) is 3.57 Å². The zero-order chi connectivity index (χ0) is 14.7. The number of nitrogens with zero attached hydrogens (tertiary/aromatic N) is 2. The summed E-state index contributed by atoms with van der Waals surface area (Å²) in [6, 6.07) is 11.8. The number of hydrogen-bond acceptors (Lipinski definition) is 2. The zero-order valence-corrected chi connectivity index (χ0v) is 15.1. The minimum atomic E-state index is 0.00471. The molecule has 0 bridgehead atoms. The van der Waals surface area contributed by atoms with Crippen molar-refractivity contribution >= 4 is 38.5 Å². The van der Waals surface area contributed by atoms with Crippen LogP contribution in [0, 0.1) is 3.57 Å². The monoisotopic (exact) mass is 446 g/mol. The van der Waals surface area contributed by atoms with Crippen molar-refractivity contribution in [2.75, 3.05) is 20.6 Å². The van der Waals surface area contributed by atoms with E-state index in [2.05, 4.69) is 61.6 Å². The fraction of sp³-hybridized carbons (Fsp3) is 0.267. The number of aromatic nitrogens is 1. The maximum Gasteiger partial charge on any atom is 0.252 e. The highest BCUT2D eigenvalue weighted by atomic mass is 127. The number of benzene rings is 1. The molecule has 1 aromatic carbocycles. The highest BCUT2D eigenvalue weighted by Gasteiger charge is 2.16. The Morgan fingerprint density at radius 3 is 2.65 bits per heavy atom. The molecule has 106 valence electrons. The van der Waals surface area contributed by atoms with Crippen LogP contribution in [0.3, 0.4) is 0 Å². The molecule has 1 unspecified atom stereocenters. The largest absolute Gasteiger partial charge is 0.307 e. The van der Waals surface area contributed by atoms with Gasteiger partial charge in [-0.3, -0.25) is 4.79 Å². The molecule has 0 aliphatic carbocycles. The molecular weight excluding hydrogens is 431 g/mol. The molecular formula is C15H16BrIN2O. The number of halogens is 2. The topological polar surface area (TPSA) is 25.2 Å². The average molecular weight is 447 g/mol. The van der Waals surface area contributed by atoms with Crippen molar-refractivity contribution in [1.82, 2.24) is 9.47 Å².